The van der Waals surface area contributed by atoms with Gasteiger partial charge in [0.25, 0.3) is 0 Å². The van der Waals surface area contributed by atoms with Gasteiger partial charge in [-0.05, 0) is 36.4 Å². The molecule has 4 heteroatoms. The Balaban J connectivity index is 2.57. The van der Waals surface area contributed by atoms with E-state index in [-0.39, 0.29) is 10.8 Å². The van der Waals surface area contributed by atoms with E-state index in [9.17, 15) is 4.39 Å². The fraction of sp³-hybridized carbons (Fsp3) is 0.538. The van der Waals surface area contributed by atoms with Crippen LogP contribution in [0.3, 0.4) is 0 Å². The highest BCUT2D eigenvalue weighted by Gasteiger charge is 2.10. The van der Waals surface area contributed by atoms with E-state index in [2.05, 4.69) is 19.2 Å². The van der Waals surface area contributed by atoms with Crippen LogP contribution in [0.1, 0.15) is 19.4 Å². The first kappa shape index (κ1) is 14.8. The Morgan fingerprint density at radius 1 is 1.41 bits per heavy atom. The molecule has 1 unspecified atom stereocenters. The summed E-state index contributed by atoms with van der Waals surface area (Å²) in [5.74, 6) is 0.689. The highest BCUT2D eigenvalue weighted by Crippen LogP contribution is 2.18. The lowest BCUT2D eigenvalue weighted by atomic mass is 10.1. The summed E-state index contributed by atoms with van der Waals surface area (Å²) in [6, 6.07) is 5.39. The van der Waals surface area contributed by atoms with E-state index >= 15 is 0 Å². The summed E-state index contributed by atoms with van der Waals surface area (Å²) >= 11 is 7.57. The van der Waals surface area contributed by atoms with Gasteiger partial charge < -0.3 is 5.32 Å². The molecule has 1 atom stereocenters. The fourth-order valence-corrected chi connectivity index (χ4v) is 2.52. The Bertz CT molecular complexity index is 357. The first-order valence-electron chi connectivity index (χ1n) is 5.75. The third-order valence-electron chi connectivity index (χ3n) is 2.51. The monoisotopic (exact) mass is 275 g/mol. The number of nitrogens with one attached hydrogen (secondary N) is 1. The van der Waals surface area contributed by atoms with Crippen LogP contribution in [-0.2, 0) is 6.42 Å². The first-order valence-corrected chi connectivity index (χ1v) is 7.18. The lowest BCUT2D eigenvalue weighted by Crippen LogP contribution is -2.30. The molecule has 0 aliphatic carbocycles. The second kappa shape index (κ2) is 7.24. The van der Waals surface area contributed by atoms with Crippen molar-refractivity contribution < 1.29 is 4.39 Å². The topological polar surface area (TPSA) is 12.0 Å². The van der Waals surface area contributed by atoms with Gasteiger partial charge in [-0.2, -0.15) is 11.8 Å². The summed E-state index contributed by atoms with van der Waals surface area (Å²) in [4.78, 5) is 0. The molecule has 0 saturated heterocycles. The maximum absolute atomic E-state index is 13.3. The predicted molar refractivity (Wildman–Crippen MR) is 75.6 cm³/mol. The molecule has 0 aliphatic rings. The zero-order chi connectivity index (χ0) is 12.8. The predicted octanol–water partition coefficient (Wildman–Crippen LogP) is 3.75. The van der Waals surface area contributed by atoms with Crippen molar-refractivity contribution >= 4 is 23.4 Å². The van der Waals surface area contributed by atoms with Crippen LogP contribution in [0, 0.1) is 5.82 Å². The van der Waals surface area contributed by atoms with Gasteiger partial charge in [0.15, 0.2) is 0 Å². The third kappa shape index (κ3) is 5.28. The van der Waals surface area contributed by atoms with Crippen molar-refractivity contribution in [1.29, 1.82) is 0 Å². The SMILES string of the molecule is CNC(CSC(C)C)Cc1ccc(Cl)c(F)c1. The minimum Gasteiger partial charge on any atom is -0.316 e. The summed E-state index contributed by atoms with van der Waals surface area (Å²) in [6.07, 6.45) is 0.824. The molecule has 96 valence electrons. The summed E-state index contributed by atoms with van der Waals surface area (Å²) in [6.45, 7) is 4.36. The molecule has 0 saturated carbocycles. The van der Waals surface area contributed by atoms with Crippen LogP contribution >= 0.6 is 23.4 Å². The van der Waals surface area contributed by atoms with Crippen LogP contribution in [0.25, 0.3) is 0 Å². The molecule has 1 aromatic rings. The number of rotatable bonds is 6. The standard InChI is InChI=1S/C13H19ClFNS/c1-9(2)17-8-11(16-3)6-10-4-5-12(14)13(15)7-10/h4-5,7,9,11,16H,6,8H2,1-3H3. The molecule has 0 aliphatic heterocycles. The van der Waals surface area contributed by atoms with Crippen LogP contribution in [0.2, 0.25) is 5.02 Å². The van der Waals surface area contributed by atoms with Crippen LogP contribution < -0.4 is 5.32 Å². The number of hydrogen-bond donors (Lipinski definition) is 1. The summed E-state index contributed by atoms with van der Waals surface area (Å²) in [5.41, 5.74) is 0.982. The van der Waals surface area contributed by atoms with Crippen molar-refractivity contribution in [1.82, 2.24) is 5.32 Å². The van der Waals surface area contributed by atoms with Gasteiger partial charge in [0, 0.05) is 11.8 Å². The van der Waals surface area contributed by atoms with Gasteiger partial charge in [0.2, 0.25) is 0 Å². The van der Waals surface area contributed by atoms with Crippen LogP contribution in [-0.4, -0.2) is 24.1 Å². The van der Waals surface area contributed by atoms with Crippen molar-refractivity contribution in [3.63, 3.8) is 0 Å². The minimum absolute atomic E-state index is 0.186. The van der Waals surface area contributed by atoms with Crippen molar-refractivity contribution in [2.24, 2.45) is 0 Å². The number of benzene rings is 1. The molecule has 0 spiro atoms. The van der Waals surface area contributed by atoms with Crippen molar-refractivity contribution in [3.05, 3.63) is 34.6 Å². The van der Waals surface area contributed by atoms with E-state index in [4.69, 9.17) is 11.6 Å². The lowest BCUT2D eigenvalue weighted by Gasteiger charge is -2.17. The molecular weight excluding hydrogens is 257 g/mol. The highest BCUT2D eigenvalue weighted by molar-refractivity contribution is 7.99. The van der Waals surface area contributed by atoms with Gasteiger partial charge in [-0.3, -0.25) is 0 Å². The third-order valence-corrected chi connectivity index (χ3v) is 4.07. The largest absolute Gasteiger partial charge is 0.316 e. The van der Waals surface area contributed by atoms with Crippen molar-refractivity contribution in [3.8, 4) is 0 Å². The summed E-state index contributed by atoms with van der Waals surface area (Å²) < 4.78 is 13.3. The molecule has 1 nitrogen and oxygen atoms in total. The van der Waals surface area contributed by atoms with Gasteiger partial charge >= 0.3 is 0 Å². The van der Waals surface area contributed by atoms with Gasteiger partial charge in [-0.25, -0.2) is 4.39 Å². The average Bonchev–Trinajstić information content (AvgIpc) is 2.28. The molecular formula is C13H19ClFNS. The van der Waals surface area contributed by atoms with Crippen molar-refractivity contribution in [2.45, 2.75) is 31.6 Å². The maximum Gasteiger partial charge on any atom is 0.142 e. The zero-order valence-electron chi connectivity index (χ0n) is 10.5. The van der Waals surface area contributed by atoms with Crippen LogP contribution in [0.4, 0.5) is 4.39 Å². The Hall–Kier alpha value is -0.250. The normalized spacial score (nSPS) is 13.1. The molecule has 1 aromatic carbocycles. The Morgan fingerprint density at radius 2 is 2.12 bits per heavy atom. The number of halogens is 2. The van der Waals surface area contributed by atoms with Gasteiger partial charge in [0.1, 0.15) is 5.82 Å². The second-order valence-corrected chi connectivity index (χ2v) is 6.34. The molecule has 0 fully saturated rings. The van der Waals surface area contributed by atoms with Gasteiger partial charge in [-0.15, -0.1) is 0 Å². The number of hydrogen-bond acceptors (Lipinski definition) is 2. The van der Waals surface area contributed by atoms with E-state index in [0.29, 0.717) is 11.3 Å². The average molecular weight is 276 g/mol. The zero-order valence-corrected chi connectivity index (χ0v) is 12.0. The minimum atomic E-state index is -0.337. The van der Waals surface area contributed by atoms with Crippen molar-refractivity contribution in [2.75, 3.05) is 12.8 Å². The molecule has 1 N–H and O–H groups in total. The molecule has 0 aromatic heterocycles. The van der Waals surface area contributed by atoms with E-state index in [1.54, 1.807) is 6.07 Å². The first-order chi connectivity index (χ1) is 8.02. The van der Waals surface area contributed by atoms with Crippen LogP contribution in [0.15, 0.2) is 18.2 Å². The highest BCUT2D eigenvalue weighted by atomic mass is 35.5. The maximum atomic E-state index is 13.3. The summed E-state index contributed by atoms with van der Waals surface area (Å²) in [5, 5.41) is 4.07. The van der Waals surface area contributed by atoms with E-state index in [1.807, 2.05) is 24.9 Å². The Labute approximate surface area is 112 Å². The summed E-state index contributed by atoms with van der Waals surface area (Å²) in [7, 11) is 1.94. The molecule has 1 rings (SSSR count). The smallest absolute Gasteiger partial charge is 0.142 e. The van der Waals surface area contributed by atoms with E-state index < -0.39 is 0 Å². The quantitative estimate of drug-likeness (QED) is 0.849. The molecule has 0 radical (unpaired) electrons. The molecule has 0 bridgehead atoms. The lowest BCUT2D eigenvalue weighted by molar-refractivity contribution is 0.602. The molecule has 0 heterocycles. The molecule has 0 amide bonds. The Kier molecular flexibility index (Phi) is 6.31. The van der Waals surface area contributed by atoms with Crippen LogP contribution in [0.5, 0.6) is 0 Å². The van der Waals surface area contributed by atoms with E-state index in [0.717, 1.165) is 17.7 Å². The van der Waals surface area contributed by atoms with Gasteiger partial charge in [-0.1, -0.05) is 31.5 Å². The van der Waals surface area contributed by atoms with E-state index in [1.165, 1.54) is 6.07 Å². The molecule has 17 heavy (non-hydrogen) atoms. The Morgan fingerprint density at radius 3 is 2.65 bits per heavy atom. The van der Waals surface area contributed by atoms with Gasteiger partial charge in [0.05, 0.1) is 5.02 Å². The second-order valence-electron chi connectivity index (χ2n) is 4.32. The number of thioether (sulfide) groups is 1. The number of likely N-dealkylation sites (N-methyl/N-ethyl adjacent to an activating group) is 1. The fourth-order valence-electron chi connectivity index (χ4n) is 1.50.